The number of rotatable bonds is 7. The number of para-hydroxylation sites is 1. The van der Waals surface area contributed by atoms with Crippen LogP contribution < -0.4 is 4.90 Å². The molecular weight excluding hydrogens is 438 g/mol. The van der Waals surface area contributed by atoms with Crippen LogP contribution >= 0.6 is 12.2 Å². The number of methoxy groups -OCH3 is 1. The molecular formula is C24H29N5O3S. The first-order chi connectivity index (χ1) is 16.0. The average Bonchev–Trinajstić information content (AvgIpc) is 3.15. The van der Waals surface area contributed by atoms with E-state index in [-0.39, 0.29) is 5.97 Å². The van der Waals surface area contributed by atoms with E-state index < -0.39 is 0 Å². The van der Waals surface area contributed by atoms with Gasteiger partial charge in [-0.3, -0.25) is 9.47 Å². The van der Waals surface area contributed by atoms with Crippen molar-refractivity contribution in [3.8, 4) is 5.69 Å². The minimum atomic E-state index is -0.335. The van der Waals surface area contributed by atoms with Gasteiger partial charge in [-0.1, -0.05) is 30.3 Å². The Hall–Kier alpha value is -3.01. The highest BCUT2D eigenvalue weighted by atomic mass is 32.1. The molecule has 33 heavy (non-hydrogen) atoms. The van der Waals surface area contributed by atoms with Gasteiger partial charge in [-0.15, -0.1) is 5.10 Å². The number of ether oxygens (including phenoxy) is 2. The molecule has 0 atom stereocenters. The van der Waals surface area contributed by atoms with Crippen LogP contribution in [0.1, 0.15) is 21.5 Å². The molecule has 1 aromatic heterocycles. The van der Waals surface area contributed by atoms with Crippen LogP contribution in [0.4, 0.5) is 5.95 Å². The zero-order chi connectivity index (χ0) is 23.4. The molecule has 0 N–H and O–H groups in total. The normalized spacial score (nSPS) is 14.0. The molecule has 0 spiro atoms. The largest absolute Gasteiger partial charge is 0.465 e. The maximum atomic E-state index is 11.7. The minimum absolute atomic E-state index is 0.335. The van der Waals surface area contributed by atoms with E-state index in [9.17, 15) is 4.79 Å². The summed E-state index contributed by atoms with van der Waals surface area (Å²) in [6, 6.07) is 15.7. The van der Waals surface area contributed by atoms with E-state index in [1.165, 1.54) is 7.11 Å². The molecule has 4 rings (SSSR count). The topological polar surface area (TPSA) is 64.8 Å². The summed E-state index contributed by atoms with van der Waals surface area (Å²) < 4.78 is 14.9. The maximum absolute atomic E-state index is 11.7. The molecule has 0 aliphatic carbocycles. The lowest BCUT2D eigenvalue weighted by molar-refractivity contribution is 0.0600. The molecule has 0 amide bonds. The predicted molar refractivity (Wildman–Crippen MR) is 129 cm³/mol. The standard InChI is InChI=1S/C24H29N5O3S/c1-18-6-4-5-7-21(18)29-23(27-12-14-32-15-13-27)25-28(24(29)33)17-26(2)16-19-8-10-20(11-9-19)22(30)31-3/h4-11H,12-17H2,1-3H3. The molecule has 1 saturated heterocycles. The highest BCUT2D eigenvalue weighted by molar-refractivity contribution is 7.71. The Morgan fingerprint density at radius 3 is 2.52 bits per heavy atom. The summed E-state index contributed by atoms with van der Waals surface area (Å²) in [6.07, 6.45) is 0. The number of nitrogens with zero attached hydrogens (tertiary/aromatic N) is 5. The Morgan fingerprint density at radius 1 is 1.15 bits per heavy atom. The monoisotopic (exact) mass is 467 g/mol. The fourth-order valence-corrected chi connectivity index (χ4v) is 4.21. The SMILES string of the molecule is COC(=O)c1ccc(CN(C)Cn2nc(N3CCOCC3)n(-c3ccccc3C)c2=S)cc1. The Morgan fingerprint density at radius 2 is 1.85 bits per heavy atom. The average molecular weight is 468 g/mol. The number of benzene rings is 2. The molecule has 2 aromatic carbocycles. The van der Waals surface area contributed by atoms with Crippen LogP contribution in [0.3, 0.4) is 0 Å². The van der Waals surface area contributed by atoms with Crippen LogP contribution in [0.2, 0.25) is 0 Å². The van der Waals surface area contributed by atoms with Crippen molar-refractivity contribution < 1.29 is 14.3 Å². The van der Waals surface area contributed by atoms with Crippen LogP contribution in [-0.4, -0.2) is 65.7 Å². The van der Waals surface area contributed by atoms with E-state index in [1.807, 2.05) is 36.0 Å². The molecule has 1 aliphatic heterocycles. The summed E-state index contributed by atoms with van der Waals surface area (Å²) in [4.78, 5) is 16.0. The first kappa shape index (κ1) is 23.2. The van der Waals surface area contributed by atoms with Crippen LogP contribution in [-0.2, 0) is 22.7 Å². The van der Waals surface area contributed by atoms with E-state index in [2.05, 4.69) is 33.4 Å². The highest BCUT2D eigenvalue weighted by Gasteiger charge is 2.22. The maximum Gasteiger partial charge on any atom is 0.337 e. The fourth-order valence-electron chi connectivity index (χ4n) is 3.94. The Kier molecular flexibility index (Phi) is 7.22. The van der Waals surface area contributed by atoms with Crippen molar-refractivity contribution in [3.05, 3.63) is 70.0 Å². The number of carbonyl (C=O) groups excluding carboxylic acids is 1. The second kappa shape index (κ2) is 10.3. The van der Waals surface area contributed by atoms with Gasteiger partial charge in [0, 0.05) is 19.6 Å². The number of aromatic nitrogens is 3. The van der Waals surface area contributed by atoms with Gasteiger partial charge < -0.3 is 14.4 Å². The lowest BCUT2D eigenvalue weighted by Crippen LogP contribution is -2.38. The molecule has 0 saturated carbocycles. The van der Waals surface area contributed by atoms with Gasteiger partial charge in [0.2, 0.25) is 10.7 Å². The van der Waals surface area contributed by atoms with Crippen molar-refractivity contribution in [3.63, 3.8) is 0 Å². The lowest BCUT2D eigenvalue weighted by atomic mass is 10.1. The molecule has 3 aromatic rings. The number of anilines is 1. The zero-order valence-corrected chi connectivity index (χ0v) is 20.0. The van der Waals surface area contributed by atoms with E-state index in [1.54, 1.807) is 12.1 Å². The van der Waals surface area contributed by atoms with Crippen molar-refractivity contribution in [2.24, 2.45) is 0 Å². The molecule has 1 fully saturated rings. The van der Waals surface area contributed by atoms with Crippen LogP contribution in [0, 0.1) is 11.7 Å². The summed E-state index contributed by atoms with van der Waals surface area (Å²) >= 11 is 5.89. The number of hydrogen-bond acceptors (Lipinski definition) is 7. The van der Waals surface area contributed by atoms with E-state index in [0.29, 0.717) is 36.8 Å². The Balaban J connectivity index is 1.59. The van der Waals surface area contributed by atoms with Gasteiger partial charge in [-0.05, 0) is 55.5 Å². The van der Waals surface area contributed by atoms with Gasteiger partial charge in [0.1, 0.15) is 0 Å². The van der Waals surface area contributed by atoms with Crippen molar-refractivity contribution >= 4 is 24.1 Å². The van der Waals surface area contributed by atoms with E-state index >= 15 is 0 Å². The zero-order valence-electron chi connectivity index (χ0n) is 19.2. The van der Waals surface area contributed by atoms with Gasteiger partial charge >= 0.3 is 5.97 Å². The molecule has 9 heteroatoms. The summed E-state index contributed by atoms with van der Waals surface area (Å²) in [5, 5.41) is 4.92. The first-order valence-corrected chi connectivity index (χ1v) is 11.3. The van der Waals surface area contributed by atoms with Crippen LogP contribution in [0.25, 0.3) is 5.69 Å². The lowest BCUT2D eigenvalue weighted by Gasteiger charge is -2.27. The van der Waals surface area contributed by atoms with Gasteiger partial charge in [0.15, 0.2) is 0 Å². The second-order valence-corrected chi connectivity index (χ2v) is 8.51. The summed E-state index contributed by atoms with van der Waals surface area (Å²) in [5.74, 6) is 0.507. The minimum Gasteiger partial charge on any atom is -0.465 e. The number of aryl methyl sites for hydroxylation is 1. The third-order valence-corrected chi connectivity index (χ3v) is 6.07. The molecule has 0 bridgehead atoms. The molecule has 2 heterocycles. The van der Waals surface area contributed by atoms with Gasteiger partial charge in [0.05, 0.1) is 38.2 Å². The smallest absolute Gasteiger partial charge is 0.337 e. The van der Waals surface area contributed by atoms with Crippen LogP contribution in [0.5, 0.6) is 0 Å². The number of esters is 1. The highest BCUT2D eigenvalue weighted by Crippen LogP contribution is 2.23. The van der Waals surface area contributed by atoms with E-state index in [0.717, 1.165) is 35.9 Å². The van der Waals surface area contributed by atoms with Gasteiger partial charge in [0.25, 0.3) is 0 Å². The van der Waals surface area contributed by atoms with Crippen molar-refractivity contribution in [2.45, 2.75) is 20.1 Å². The first-order valence-electron chi connectivity index (χ1n) is 10.9. The third-order valence-electron chi connectivity index (χ3n) is 5.68. The Labute approximate surface area is 198 Å². The summed E-state index contributed by atoms with van der Waals surface area (Å²) in [7, 11) is 3.41. The van der Waals surface area contributed by atoms with Crippen molar-refractivity contribution in [1.29, 1.82) is 0 Å². The number of hydrogen-bond donors (Lipinski definition) is 0. The summed E-state index contributed by atoms with van der Waals surface area (Å²) in [6.45, 7) is 6.21. The number of morpholine rings is 1. The third kappa shape index (κ3) is 5.16. The van der Waals surface area contributed by atoms with Crippen molar-refractivity contribution in [2.75, 3.05) is 45.4 Å². The van der Waals surface area contributed by atoms with Crippen molar-refractivity contribution in [1.82, 2.24) is 19.2 Å². The second-order valence-electron chi connectivity index (χ2n) is 8.15. The fraction of sp³-hybridized carbons (Fsp3) is 0.375. The predicted octanol–water partition coefficient (Wildman–Crippen LogP) is 3.42. The Bertz CT molecular complexity index is 1170. The van der Waals surface area contributed by atoms with Gasteiger partial charge in [-0.25, -0.2) is 9.48 Å². The van der Waals surface area contributed by atoms with Gasteiger partial charge in [-0.2, -0.15) is 0 Å². The summed E-state index contributed by atoms with van der Waals surface area (Å²) in [5.41, 5.74) is 3.81. The van der Waals surface area contributed by atoms with E-state index in [4.69, 9.17) is 26.8 Å². The van der Waals surface area contributed by atoms with Crippen LogP contribution in [0.15, 0.2) is 48.5 Å². The molecule has 0 radical (unpaired) electrons. The number of carbonyl (C=O) groups is 1. The molecule has 1 aliphatic rings. The quantitative estimate of drug-likeness (QED) is 0.390. The molecule has 8 nitrogen and oxygen atoms in total. The molecule has 0 unspecified atom stereocenters. The molecule has 174 valence electrons.